The van der Waals surface area contributed by atoms with E-state index < -0.39 is 0 Å². The molecule has 3 fully saturated rings. The SMILES string of the molecule is Cc1cc2c(cn1)cc(C1CC(NC(=O)C3NCCN3CC3CC3)CCC1C)c(=O)n2C. The molecule has 0 spiro atoms. The van der Waals surface area contributed by atoms with Crippen LogP contribution in [0.2, 0.25) is 0 Å². The summed E-state index contributed by atoms with van der Waals surface area (Å²) in [7, 11) is 1.85. The van der Waals surface area contributed by atoms with Gasteiger partial charge in [-0.25, -0.2) is 0 Å². The molecule has 7 heteroatoms. The van der Waals surface area contributed by atoms with Gasteiger partial charge in [0.1, 0.15) is 6.17 Å². The Labute approximate surface area is 189 Å². The minimum atomic E-state index is -0.212. The molecule has 7 nitrogen and oxygen atoms in total. The Hall–Kier alpha value is -2.25. The van der Waals surface area contributed by atoms with Gasteiger partial charge in [-0.1, -0.05) is 6.92 Å². The second kappa shape index (κ2) is 8.60. The van der Waals surface area contributed by atoms with Crippen molar-refractivity contribution in [1.82, 2.24) is 25.1 Å². The third kappa shape index (κ3) is 4.20. The zero-order valence-electron chi connectivity index (χ0n) is 19.4. The molecule has 4 atom stereocenters. The molecule has 1 aliphatic heterocycles. The predicted octanol–water partition coefficient (Wildman–Crippen LogP) is 2.27. The molecule has 0 bridgehead atoms. The zero-order chi connectivity index (χ0) is 22.4. The molecule has 5 rings (SSSR count). The van der Waals surface area contributed by atoms with E-state index in [1.54, 1.807) is 4.57 Å². The number of carbonyl (C=O) groups excluding carboxylic acids is 1. The Kier molecular flexibility index (Phi) is 5.80. The monoisotopic (exact) mass is 437 g/mol. The van der Waals surface area contributed by atoms with E-state index in [0.29, 0.717) is 5.92 Å². The molecule has 1 amide bonds. The molecule has 32 heavy (non-hydrogen) atoms. The van der Waals surface area contributed by atoms with Crippen LogP contribution in [-0.4, -0.2) is 52.2 Å². The van der Waals surface area contributed by atoms with Crippen molar-refractivity contribution in [2.45, 2.75) is 64.1 Å². The maximum Gasteiger partial charge on any atom is 0.254 e. The summed E-state index contributed by atoms with van der Waals surface area (Å²) < 4.78 is 1.76. The molecule has 3 aliphatic rings. The van der Waals surface area contributed by atoms with E-state index in [1.165, 1.54) is 12.8 Å². The van der Waals surface area contributed by atoms with Crippen molar-refractivity contribution in [3.8, 4) is 0 Å². The number of amides is 1. The van der Waals surface area contributed by atoms with Gasteiger partial charge < -0.3 is 9.88 Å². The van der Waals surface area contributed by atoms with Gasteiger partial charge in [0.2, 0.25) is 0 Å². The predicted molar refractivity (Wildman–Crippen MR) is 125 cm³/mol. The number of pyridine rings is 2. The molecule has 172 valence electrons. The van der Waals surface area contributed by atoms with Gasteiger partial charge in [-0.05, 0) is 68.9 Å². The Balaban J connectivity index is 1.33. The molecule has 0 aromatic carbocycles. The Morgan fingerprint density at radius 3 is 2.84 bits per heavy atom. The first-order valence-corrected chi connectivity index (χ1v) is 12.1. The van der Waals surface area contributed by atoms with Crippen molar-refractivity contribution < 1.29 is 4.79 Å². The number of aryl methyl sites for hydroxylation is 2. The second-order valence-electron chi connectivity index (χ2n) is 10.2. The quantitative estimate of drug-likeness (QED) is 0.750. The molecule has 4 unspecified atom stereocenters. The first-order valence-electron chi connectivity index (χ1n) is 12.1. The fraction of sp³-hybridized carbons (Fsp3) is 0.640. The lowest BCUT2D eigenvalue weighted by Crippen LogP contribution is -2.53. The highest BCUT2D eigenvalue weighted by Crippen LogP contribution is 2.37. The van der Waals surface area contributed by atoms with E-state index in [-0.39, 0.29) is 29.6 Å². The maximum atomic E-state index is 13.3. The summed E-state index contributed by atoms with van der Waals surface area (Å²) in [5.74, 6) is 1.40. The smallest absolute Gasteiger partial charge is 0.254 e. The average molecular weight is 438 g/mol. The number of nitrogens with zero attached hydrogens (tertiary/aromatic N) is 3. The lowest BCUT2D eigenvalue weighted by atomic mass is 9.74. The fourth-order valence-corrected chi connectivity index (χ4v) is 5.61. The first kappa shape index (κ1) is 21.6. The van der Waals surface area contributed by atoms with Crippen molar-refractivity contribution in [1.29, 1.82) is 0 Å². The third-order valence-electron chi connectivity index (χ3n) is 7.75. The topological polar surface area (TPSA) is 79.3 Å². The van der Waals surface area contributed by atoms with Gasteiger partial charge in [-0.15, -0.1) is 0 Å². The van der Waals surface area contributed by atoms with Crippen LogP contribution >= 0.6 is 0 Å². The van der Waals surface area contributed by atoms with Crippen molar-refractivity contribution in [3.05, 3.63) is 39.9 Å². The maximum absolute atomic E-state index is 13.3. The van der Waals surface area contributed by atoms with Crippen LogP contribution in [0.4, 0.5) is 0 Å². The van der Waals surface area contributed by atoms with E-state index in [9.17, 15) is 9.59 Å². The van der Waals surface area contributed by atoms with Gasteiger partial charge >= 0.3 is 0 Å². The van der Waals surface area contributed by atoms with Crippen LogP contribution in [0.5, 0.6) is 0 Å². The molecule has 2 saturated carbocycles. The van der Waals surface area contributed by atoms with Gasteiger partial charge in [0, 0.05) is 55.6 Å². The van der Waals surface area contributed by atoms with E-state index in [0.717, 1.165) is 67.0 Å². The van der Waals surface area contributed by atoms with Crippen LogP contribution in [0.15, 0.2) is 23.1 Å². The molecule has 2 aromatic heterocycles. The average Bonchev–Trinajstić information content (AvgIpc) is 3.47. The Morgan fingerprint density at radius 2 is 2.06 bits per heavy atom. The summed E-state index contributed by atoms with van der Waals surface area (Å²) in [6.07, 6.45) is 7.02. The number of hydrogen-bond donors (Lipinski definition) is 2. The number of rotatable bonds is 5. The van der Waals surface area contributed by atoms with Crippen molar-refractivity contribution in [2.24, 2.45) is 18.9 Å². The minimum Gasteiger partial charge on any atom is -0.351 e. The van der Waals surface area contributed by atoms with Gasteiger partial charge in [-0.2, -0.15) is 0 Å². The van der Waals surface area contributed by atoms with Gasteiger partial charge in [0.25, 0.3) is 11.5 Å². The molecule has 2 aliphatic carbocycles. The van der Waals surface area contributed by atoms with Crippen molar-refractivity contribution in [3.63, 3.8) is 0 Å². The number of aromatic nitrogens is 2. The summed E-state index contributed by atoms with van der Waals surface area (Å²) in [6, 6.07) is 4.10. The summed E-state index contributed by atoms with van der Waals surface area (Å²) in [5.41, 5.74) is 2.75. The Morgan fingerprint density at radius 1 is 1.25 bits per heavy atom. The highest BCUT2D eigenvalue weighted by Gasteiger charge is 2.37. The summed E-state index contributed by atoms with van der Waals surface area (Å²) >= 11 is 0. The van der Waals surface area contributed by atoms with Crippen LogP contribution in [0.1, 0.15) is 56.2 Å². The number of hydrogen-bond acceptors (Lipinski definition) is 5. The van der Waals surface area contributed by atoms with Gasteiger partial charge in [0.05, 0.1) is 5.52 Å². The molecule has 2 aromatic rings. The summed E-state index contributed by atoms with van der Waals surface area (Å²) in [6.45, 7) is 7.01. The Bertz CT molecular complexity index is 1080. The molecule has 0 radical (unpaired) electrons. The molecular formula is C25H35N5O2. The van der Waals surface area contributed by atoms with Crippen LogP contribution in [0.25, 0.3) is 10.9 Å². The van der Waals surface area contributed by atoms with Crippen LogP contribution in [-0.2, 0) is 11.8 Å². The van der Waals surface area contributed by atoms with E-state index >= 15 is 0 Å². The highest BCUT2D eigenvalue weighted by atomic mass is 16.2. The largest absolute Gasteiger partial charge is 0.351 e. The molecule has 2 N–H and O–H groups in total. The molecular weight excluding hydrogens is 402 g/mol. The summed E-state index contributed by atoms with van der Waals surface area (Å²) in [4.78, 5) is 33.1. The standard InChI is InChI=1S/C25H35N5O2/c1-15-4-7-19(28-24(31)23-26-8-9-30(23)14-17-5-6-17)12-20(15)21-11-18-13-27-16(2)10-22(18)29(3)25(21)32/h10-11,13,15,17,19-20,23,26H,4-9,12,14H2,1-3H3,(H,28,31). The lowest BCUT2D eigenvalue weighted by Gasteiger charge is -2.36. The van der Waals surface area contributed by atoms with Crippen LogP contribution in [0, 0.1) is 18.8 Å². The van der Waals surface area contributed by atoms with E-state index in [1.807, 2.05) is 32.3 Å². The normalized spacial score (nSPS) is 28.8. The number of carbonyl (C=O) groups is 1. The van der Waals surface area contributed by atoms with Crippen molar-refractivity contribution in [2.75, 3.05) is 19.6 Å². The number of nitrogens with one attached hydrogen (secondary N) is 2. The van der Waals surface area contributed by atoms with Gasteiger partial charge in [0.15, 0.2) is 0 Å². The zero-order valence-corrected chi connectivity index (χ0v) is 19.4. The first-order chi connectivity index (χ1) is 15.4. The highest BCUT2D eigenvalue weighted by molar-refractivity contribution is 5.82. The second-order valence-corrected chi connectivity index (χ2v) is 10.2. The van der Waals surface area contributed by atoms with Gasteiger partial charge in [-0.3, -0.25) is 24.8 Å². The van der Waals surface area contributed by atoms with Crippen LogP contribution < -0.4 is 16.2 Å². The van der Waals surface area contributed by atoms with Crippen molar-refractivity contribution >= 4 is 16.8 Å². The molecule has 3 heterocycles. The molecule has 1 saturated heterocycles. The fourth-order valence-electron chi connectivity index (χ4n) is 5.61. The third-order valence-corrected chi connectivity index (χ3v) is 7.75. The van der Waals surface area contributed by atoms with E-state index in [4.69, 9.17) is 0 Å². The minimum absolute atomic E-state index is 0.0694. The lowest BCUT2D eigenvalue weighted by molar-refractivity contribution is -0.127. The van der Waals surface area contributed by atoms with E-state index in [2.05, 4.69) is 27.4 Å². The summed E-state index contributed by atoms with van der Waals surface area (Å²) in [5, 5.41) is 7.69. The number of fused-ring (bicyclic) bond motifs is 1. The van der Waals surface area contributed by atoms with Crippen LogP contribution in [0.3, 0.4) is 0 Å².